The molecular weight excluding hydrogens is 205 g/mol. The molecule has 2 rings (SSSR count). The molecule has 1 aromatic rings. The third-order valence-electron chi connectivity index (χ3n) is 1.24. The maximum atomic E-state index is 5.75. The van der Waals surface area contributed by atoms with E-state index in [9.17, 15) is 0 Å². The third kappa shape index (κ3) is 1.21. The summed E-state index contributed by atoms with van der Waals surface area (Å²) >= 11 is 12.9. The van der Waals surface area contributed by atoms with Crippen molar-refractivity contribution >= 4 is 44.7 Å². The lowest BCUT2D eigenvalue weighted by atomic mass is 10.4. The van der Waals surface area contributed by atoms with Gasteiger partial charge in [0.15, 0.2) is 10.8 Å². The minimum absolute atomic E-state index is 0.375. The second-order valence-electron chi connectivity index (χ2n) is 1.93. The van der Waals surface area contributed by atoms with E-state index in [2.05, 4.69) is 15.3 Å². The number of nitrogens with zero attached hydrogens (tertiary/aromatic N) is 2. The fourth-order valence-corrected chi connectivity index (χ4v) is 2.12. The van der Waals surface area contributed by atoms with Crippen molar-refractivity contribution in [2.75, 3.05) is 5.32 Å². The molecule has 1 aliphatic heterocycles. The van der Waals surface area contributed by atoms with Gasteiger partial charge >= 0.3 is 0 Å². The van der Waals surface area contributed by atoms with Gasteiger partial charge in [-0.3, -0.25) is 0 Å². The Morgan fingerprint density at radius 2 is 2.45 bits per heavy atom. The van der Waals surface area contributed by atoms with E-state index in [-0.39, 0.29) is 0 Å². The minimum atomic E-state index is -0.463. The summed E-state index contributed by atoms with van der Waals surface area (Å²) in [6.45, 7) is 0. The lowest BCUT2D eigenvalue weighted by Crippen LogP contribution is -2.17. The molecular formula is C5H3Cl2N3S. The number of hydrogen-bond donors (Lipinski definition) is 1. The molecule has 0 amide bonds. The van der Waals surface area contributed by atoms with Crippen molar-refractivity contribution in [3.63, 3.8) is 0 Å². The number of aliphatic imine (C=N–C) groups is 1. The van der Waals surface area contributed by atoms with Gasteiger partial charge in [-0.1, -0.05) is 23.2 Å². The highest BCUT2D eigenvalue weighted by atomic mass is 35.5. The van der Waals surface area contributed by atoms with E-state index in [1.54, 1.807) is 5.51 Å². The van der Waals surface area contributed by atoms with E-state index in [0.717, 1.165) is 5.00 Å². The predicted molar refractivity (Wildman–Crippen MR) is 47.8 cm³/mol. The summed E-state index contributed by atoms with van der Waals surface area (Å²) in [4.78, 5) is 7.88. The predicted octanol–water partition coefficient (Wildman–Crippen LogP) is 2.08. The summed E-state index contributed by atoms with van der Waals surface area (Å²) in [5.74, 6) is 0. The van der Waals surface area contributed by atoms with Gasteiger partial charge in [0.2, 0.25) is 0 Å². The Bertz CT molecular complexity index is 308. The lowest BCUT2D eigenvalue weighted by molar-refractivity contribution is 1.03. The van der Waals surface area contributed by atoms with Crippen molar-refractivity contribution in [2.45, 2.75) is 5.62 Å². The molecule has 1 atom stereocenters. The lowest BCUT2D eigenvalue weighted by Gasteiger charge is -2.13. The number of aromatic nitrogens is 1. The van der Waals surface area contributed by atoms with Crippen LogP contribution in [0, 0.1) is 0 Å². The summed E-state index contributed by atoms with van der Waals surface area (Å²) in [7, 11) is 0. The van der Waals surface area contributed by atoms with E-state index in [0.29, 0.717) is 10.9 Å². The van der Waals surface area contributed by atoms with Crippen LogP contribution in [0.1, 0.15) is 5.69 Å². The zero-order valence-electron chi connectivity index (χ0n) is 5.21. The first kappa shape index (κ1) is 7.34. The first-order valence-corrected chi connectivity index (χ1v) is 4.54. The first-order chi connectivity index (χ1) is 5.27. The average Bonchev–Trinajstić information content (AvgIpc) is 2.34. The van der Waals surface area contributed by atoms with Gasteiger partial charge < -0.3 is 5.32 Å². The van der Waals surface area contributed by atoms with Crippen LogP contribution in [0.2, 0.25) is 0 Å². The Morgan fingerprint density at radius 1 is 1.64 bits per heavy atom. The Morgan fingerprint density at radius 3 is 3.27 bits per heavy atom. The number of nitrogens with one attached hydrogen (secondary N) is 1. The zero-order chi connectivity index (χ0) is 7.84. The SMILES string of the molecule is ClC1=NC(Cl)Nc2scnc21. The van der Waals surface area contributed by atoms with Crippen molar-refractivity contribution in [2.24, 2.45) is 4.99 Å². The summed E-state index contributed by atoms with van der Waals surface area (Å²) in [5, 5.41) is 4.17. The van der Waals surface area contributed by atoms with E-state index < -0.39 is 5.62 Å². The molecule has 58 valence electrons. The number of thiazole rings is 1. The van der Waals surface area contributed by atoms with Crippen LogP contribution >= 0.6 is 34.5 Å². The quantitative estimate of drug-likeness (QED) is 0.523. The topological polar surface area (TPSA) is 37.3 Å². The molecule has 1 aromatic heterocycles. The molecule has 1 N–H and O–H groups in total. The minimum Gasteiger partial charge on any atom is -0.341 e. The van der Waals surface area contributed by atoms with E-state index in [1.165, 1.54) is 11.3 Å². The molecule has 2 heterocycles. The van der Waals surface area contributed by atoms with E-state index >= 15 is 0 Å². The molecule has 1 aliphatic rings. The van der Waals surface area contributed by atoms with Crippen molar-refractivity contribution in [3.8, 4) is 0 Å². The van der Waals surface area contributed by atoms with Gasteiger partial charge in [0.1, 0.15) is 10.7 Å². The molecule has 6 heteroatoms. The summed E-state index contributed by atoms with van der Waals surface area (Å²) in [6.07, 6.45) is 0. The van der Waals surface area contributed by atoms with Crippen LogP contribution in [0.25, 0.3) is 0 Å². The Labute approximate surface area is 77.1 Å². The second-order valence-corrected chi connectivity index (χ2v) is 3.56. The highest BCUT2D eigenvalue weighted by molar-refractivity contribution is 7.14. The fourth-order valence-electron chi connectivity index (χ4n) is 0.797. The van der Waals surface area contributed by atoms with Crippen molar-refractivity contribution in [3.05, 3.63) is 11.2 Å². The summed E-state index contributed by atoms with van der Waals surface area (Å²) in [6, 6.07) is 0. The summed E-state index contributed by atoms with van der Waals surface area (Å²) < 4.78 is 0. The number of rotatable bonds is 0. The highest BCUT2D eigenvalue weighted by Gasteiger charge is 2.19. The molecule has 0 saturated heterocycles. The average molecular weight is 208 g/mol. The maximum absolute atomic E-state index is 5.75. The number of hydrogen-bond acceptors (Lipinski definition) is 4. The number of alkyl halides is 1. The third-order valence-corrected chi connectivity index (χ3v) is 2.48. The zero-order valence-corrected chi connectivity index (χ0v) is 7.54. The number of fused-ring (bicyclic) bond motifs is 1. The number of anilines is 1. The largest absolute Gasteiger partial charge is 0.341 e. The summed E-state index contributed by atoms with van der Waals surface area (Å²) in [5.41, 5.74) is 1.92. The number of halogens is 2. The van der Waals surface area contributed by atoms with Gasteiger partial charge in [-0.25, -0.2) is 9.98 Å². The molecule has 3 nitrogen and oxygen atoms in total. The maximum Gasteiger partial charge on any atom is 0.197 e. The molecule has 0 bridgehead atoms. The van der Waals surface area contributed by atoms with E-state index in [1.807, 2.05) is 0 Å². The first-order valence-electron chi connectivity index (χ1n) is 2.85. The van der Waals surface area contributed by atoms with Crippen molar-refractivity contribution in [1.82, 2.24) is 4.98 Å². The fraction of sp³-hybridized carbons (Fsp3) is 0.200. The van der Waals surface area contributed by atoms with Gasteiger partial charge in [0, 0.05) is 0 Å². The van der Waals surface area contributed by atoms with Crippen LogP contribution in [-0.2, 0) is 0 Å². The monoisotopic (exact) mass is 207 g/mol. The Hall–Kier alpha value is -0.320. The van der Waals surface area contributed by atoms with Gasteiger partial charge in [-0.15, -0.1) is 11.3 Å². The van der Waals surface area contributed by atoms with Crippen LogP contribution in [0.15, 0.2) is 10.5 Å². The molecule has 0 aromatic carbocycles. The molecule has 0 radical (unpaired) electrons. The Kier molecular flexibility index (Phi) is 1.75. The van der Waals surface area contributed by atoms with Crippen LogP contribution in [0.3, 0.4) is 0 Å². The standard InChI is InChI=1S/C5H3Cl2N3S/c6-3-2-4(11-1-8-2)10-5(7)9-3/h1,5,10H. The molecule has 0 fully saturated rings. The molecule has 0 spiro atoms. The van der Waals surface area contributed by atoms with Gasteiger partial charge in [-0.2, -0.15) is 0 Å². The van der Waals surface area contributed by atoms with Crippen LogP contribution < -0.4 is 5.32 Å². The van der Waals surface area contributed by atoms with Crippen molar-refractivity contribution < 1.29 is 0 Å². The van der Waals surface area contributed by atoms with Crippen molar-refractivity contribution in [1.29, 1.82) is 0 Å². The molecule has 11 heavy (non-hydrogen) atoms. The molecule has 1 unspecified atom stereocenters. The van der Waals surface area contributed by atoms with Crippen LogP contribution in [-0.4, -0.2) is 15.8 Å². The smallest absolute Gasteiger partial charge is 0.197 e. The van der Waals surface area contributed by atoms with Crippen LogP contribution in [0.5, 0.6) is 0 Å². The second kappa shape index (κ2) is 2.62. The van der Waals surface area contributed by atoms with Gasteiger partial charge in [-0.05, 0) is 0 Å². The molecule has 0 aliphatic carbocycles. The van der Waals surface area contributed by atoms with Crippen LogP contribution in [0.4, 0.5) is 5.00 Å². The molecule has 0 saturated carbocycles. The van der Waals surface area contributed by atoms with E-state index in [4.69, 9.17) is 23.2 Å². The van der Waals surface area contributed by atoms with Gasteiger partial charge in [0.05, 0.1) is 5.51 Å². The van der Waals surface area contributed by atoms with Gasteiger partial charge in [0.25, 0.3) is 0 Å². The normalized spacial score (nSPS) is 22.0. The Balaban J connectivity index is 2.50. The highest BCUT2D eigenvalue weighted by Crippen LogP contribution is 2.27.